The molecule has 0 aromatic heterocycles. The van der Waals surface area contributed by atoms with Crippen LogP contribution in [0.3, 0.4) is 0 Å². The summed E-state index contributed by atoms with van der Waals surface area (Å²) >= 11 is 0. The van der Waals surface area contributed by atoms with Gasteiger partial charge in [-0.1, -0.05) is 12.1 Å². The maximum atomic E-state index is 13.5. The van der Waals surface area contributed by atoms with E-state index in [-0.39, 0.29) is 19.0 Å². The zero-order valence-corrected chi connectivity index (χ0v) is 11.8. The number of aliphatic hydroxyl groups is 1. The fourth-order valence-corrected chi connectivity index (χ4v) is 1.75. The molecule has 4 nitrogen and oxygen atoms in total. The van der Waals surface area contributed by atoms with E-state index < -0.39 is 11.9 Å². The summed E-state index contributed by atoms with van der Waals surface area (Å²) in [5.41, 5.74) is 7.09. The minimum atomic E-state index is -0.869. The second-order valence-electron chi connectivity index (χ2n) is 4.78. The van der Waals surface area contributed by atoms with E-state index in [0.29, 0.717) is 11.4 Å². The summed E-state index contributed by atoms with van der Waals surface area (Å²) in [6.45, 7) is 1.82. The van der Waals surface area contributed by atoms with Crippen molar-refractivity contribution in [2.24, 2.45) is 0 Å². The van der Waals surface area contributed by atoms with Crippen LogP contribution in [0.2, 0.25) is 0 Å². The summed E-state index contributed by atoms with van der Waals surface area (Å²) in [4.78, 5) is 0. The van der Waals surface area contributed by atoms with E-state index >= 15 is 0 Å². The number of rotatable bonds is 6. The molecule has 0 saturated heterocycles. The molecule has 2 aromatic rings. The van der Waals surface area contributed by atoms with Gasteiger partial charge in [0.2, 0.25) is 0 Å². The van der Waals surface area contributed by atoms with Gasteiger partial charge in [0, 0.05) is 11.8 Å². The molecule has 1 atom stereocenters. The zero-order chi connectivity index (χ0) is 15.2. The molecule has 0 amide bonds. The van der Waals surface area contributed by atoms with E-state index in [4.69, 9.17) is 15.2 Å². The Bertz CT molecular complexity index is 604. The molecule has 0 bridgehead atoms. The Morgan fingerprint density at radius 2 is 1.90 bits per heavy atom. The first-order valence-electron chi connectivity index (χ1n) is 6.60. The molecule has 0 saturated carbocycles. The number of nitrogens with two attached hydrogens (primary N) is 1. The number of hydrogen-bond donors (Lipinski definition) is 2. The van der Waals surface area contributed by atoms with Gasteiger partial charge in [-0.25, -0.2) is 4.39 Å². The first kappa shape index (κ1) is 15.1. The van der Waals surface area contributed by atoms with Gasteiger partial charge in [0.1, 0.15) is 25.1 Å². The van der Waals surface area contributed by atoms with Gasteiger partial charge in [0.15, 0.2) is 11.6 Å². The second-order valence-corrected chi connectivity index (χ2v) is 4.78. The highest BCUT2D eigenvalue weighted by Gasteiger charge is 2.09. The Kier molecular flexibility index (Phi) is 5.00. The Morgan fingerprint density at radius 3 is 2.67 bits per heavy atom. The molecular weight excluding hydrogens is 273 g/mol. The van der Waals surface area contributed by atoms with Gasteiger partial charge < -0.3 is 20.3 Å². The molecule has 3 N–H and O–H groups in total. The summed E-state index contributed by atoms with van der Waals surface area (Å²) in [6, 6.07) is 11.5. The molecule has 0 aliphatic heterocycles. The van der Waals surface area contributed by atoms with Crippen LogP contribution >= 0.6 is 0 Å². The number of halogens is 1. The lowest BCUT2D eigenvalue weighted by Crippen LogP contribution is -2.25. The number of aliphatic hydroxyl groups excluding tert-OH is 1. The molecule has 0 aliphatic rings. The van der Waals surface area contributed by atoms with Crippen molar-refractivity contribution in [1.82, 2.24) is 0 Å². The van der Waals surface area contributed by atoms with E-state index in [0.717, 1.165) is 5.56 Å². The lowest BCUT2D eigenvalue weighted by molar-refractivity contribution is 0.0612. The zero-order valence-electron chi connectivity index (χ0n) is 11.8. The van der Waals surface area contributed by atoms with Crippen LogP contribution in [0.5, 0.6) is 11.5 Å². The van der Waals surface area contributed by atoms with Crippen molar-refractivity contribution < 1.29 is 19.0 Å². The second kappa shape index (κ2) is 6.95. The van der Waals surface area contributed by atoms with Crippen molar-refractivity contribution in [2.45, 2.75) is 13.0 Å². The van der Waals surface area contributed by atoms with Crippen molar-refractivity contribution in [3.8, 4) is 11.5 Å². The average Bonchev–Trinajstić information content (AvgIpc) is 2.46. The molecule has 0 radical (unpaired) electrons. The maximum absolute atomic E-state index is 13.5. The standard InChI is InChI=1S/C16H18FNO3/c1-11-5-6-15(17)16(7-11)21-10-13(19)9-20-14-4-2-3-12(18)8-14/h2-8,13,19H,9-10,18H2,1H3. The first-order chi connectivity index (χ1) is 10.0. The SMILES string of the molecule is Cc1ccc(F)c(OCC(O)COc2cccc(N)c2)c1. The van der Waals surface area contributed by atoms with Crippen LogP contribution in [-0.4, -0.2) is 24.4 Å². The van der Waals surface area contributed by atoms with Gasteiger partial charge in [-0.05, 0) is 36.8 Å². The molecule has 0 aliphatic carbocycles. The summed E-state index contributed by atoms with van der Waals surface area (Å²) < 4.78 is 24.1. The van der Waals surface area contributed by atoms with E-state index in [2.05, 4.69) is 0 Å². The fourth-order valence-electron chi connectivity index (χ4n) is 1.75. The van der Waals surface area contributed by atoms with Crippen LogP contribution in [0.15, 0.2) is 42.5 Å². The quantitative estimate of drug-likeness (QED) is 0.803. The Morgan fingerprint density at radius 1 is 1.14 bits per heavy atom. The molecule has 5 heteroatoms. The van der Waals surface area contributed by atoms with Crippen molar-refractivity contribution in [1.29, 1.82) is 0 Å². The highest BCUT2D eigenvalue weighted by atomic mass is 19.1. The highest BCUT2D eigenvalue weighted by molar-refractivity contribution is 5.43. The first-order valence-corrected chi connectivity index (χ1v) is 6.60. The molecule has 0 heterocycles. The number of nitrogen functional groups attached to an aromatic ring is 1. The molecule has 0 spiro atoms. The van der Waals surface area contributed by atoms with E-state index in [9.17, 15) is 9.50 Å². The molecule has 2 rings (SSSR count). The van der Waals surface area contributed by atoms with Gasteiger partial charge in [-0.3, -0.25) is 0 Å². The Hall–Kier alpha value is -2.27. The Labute approximate surface area is 122 Å². The monoisotopic (exact) mass is 291 g/mol. The molecule has 1 unspecified atom stereocenters. The molecule has 112 valence electrons. The number of benzene rings is 2. The molecule has 2 aromatic carbocycles. The van der Waals surface area contributed by atoms with E-state index in [1.807, 2.05) is 6.92 Å². The van der Waals surface area contributed by atoms with Gasteiger partial charge in [0.25, 0.3) is 0 Å². The lowest BCUT2D eigenvalue weighted by Gasteiger charge is -2.14. The Balaban J connectivity index is 1.82. The van der Waals surface area contributed by atoms with Gasteiger partial charge in [0.05, 0.1) is 0 Å². The number of anilines is 1. The largest absolute Gasteiger partial charge is 0.491 e. The predicted octanol–water partition coefficient (Wildman–Crippen LogP) is 2.54. The van der Waals surface area contributed by atoms with Crippen LogP contribution in [0.1, 0.15) is 5.56 Å². The normalized spacial score (nSPS) is 12.0. The van der Waals surface area contributed by atoms with Gasteiger partial charge in [-0.2, -0.15) is 0 Å². The topological polar surface area (TPSA) is 64.7 Å². The molecule has 0 fully saturated rings. The summed E-state index contributed by atoms with van der Waals surface area (Å²) in [5, 5.41) is 9.80. The van der Waals surface area contributed by atoms with Crippen molar-refractivity contribution in [3.63, 3.8) is 0 Å². The van der Waals surface area contributed by atoms with Crippen LogP contribution < -0.4 is 15.2 Å². The minimum absolute atomic E-state index is 0.0386. The summed E-state index contributed by atoms with van der Waals surface area (Å²) in [6.07, 6.45) is -0.869. The van der Waals surface area contributed by atoms with Crippen LogP contribution in [0.25, 0.3) is 0 Å². The van der Waals surface area contributed by atoms with E-state index in [1.54, 1.807) is 36.4 Å². The maximum Gasteiger partial charge on any atom is 0.165 e. The summed E-state index contributed by atoms with van der Waals surface area (Å²) in [7, 11) is 0. The highest BCUT2D eigenvalue weighted by Crippen LogP contribution is 2.19. The van der Waals surface area contributed by atoms with Gasteiger partial charge >= 0.3 is 0 Å². The van der Waals surface area contributed by atoms with Crippen LogP contribution in [0.4, 0.5) is 10.1 Å². The van der Waals surface area contributed by atoms with Gasteiger partial charge in [-0.15, -0.1) is 0 Å². The van der Waals surface area contributed by atoms with Crippen molar-refractivity contribution >= 4 is 5.69 Å². The summed E-state index contributed by atoms with van der Waals surface area (Å²) in [5.74, 6) is 0.235. The smallest absolute Gasteiger partial charge is 0.165 e. The van der Waals surface area contributed by atoms with Crippen LogP contribution in [-0.2, 0) is 0 Å². The molecular formula is C16H18FNO3. The lowest BCUT2D eigenvalue weighted by atomic mass is 10.2. The van der Waals surface area contributed by atoms with Crippen molar-refractivity contribution in [2.75, 3.05) is 18.9 Å². The number of aryl methyl sites for hydroxylation is 1. The van der Waals surface area contributed by atoms with Crippen molar-refractivity contribution in [3.05, 3.63) is 53.8 Å². The van der Waals surface area contributed by atoms with Crippen LogP contribution in [0, 0.1) is 12.7 Å². The predicted molar refractivity (Wildman–Crippen MR) is 79.0 cm³/mol. The third-order valence-electron chi connectivity index (χ3n) is 2.82. The third kappa shape index (κ3) is 4.65. The fraction of sp³-hybridized carbons (Fsp3) is 0.250. The molecule has 21 heavy (non-hydrogen) atoms. The third-order valence-corrected chi connectivity index (χ3v) is 2.82. The average molecular weight is 291 g/mol. The minimum Gasteiger partial charge on any atom is -0.491 e. The van der Waals surface area contributed by atoms with E-state index in [1.165, 1.54) is 6.07 Å². The number of ether oxygens (including phenoxy) is 2. The number of hydrogen-bond acceptors (Lipinski definition) is 4.